The van der Waals surface area contributed by atoms with Gasteiger partial charge in [-0.15, -0.1) is 0 Å². The molecule has 1 saturated carbocycles. The summed E-state index contributed by atoms with van der Waals surface area (Å²) in [7, 11) is 0. The number of alkyl halides is 3. The molecule has 0 bridgehead atoms. The van der Waals surface area contributed by atoms with Crippen LogP contribution in [0.4, 0.5) is 19.0 Å². The van der Waals surface area contributed by atoms with E-state index >= 15 is 0 Å². The number of aliphatic hydroxyl groups is 1. The molecule has 0 unspecified atom stereocenters. The predicted octanol–water partition coefficient (Wildman–Crippen LogP) is 5.68. The number of hydrogen-bond donors (Lipinski definition) is 1. The first kappa shape index (κ1) is 22.1. The average Bonchev–Trinajstić information content (AvgIpc) is 3.07. The molecule has 1 aromatic heterocycles. The van der Waals surface area contributed by atoms with E-state index in [1.807, 2.05) is 0 Å². The molecule has 0 amide bonds. The van der Waals surface area contributed by atoms with Crippen LogP contribution < -0.4 is 4.90 Å². The van der Waals surface area contributed by atoms with Gasteiger partial charge in [-0.05, 0) is 56.1 Å². The minimum absolute atomic E-state index is 0.124. The second-order valence-corrected chi connectivity index (χ2v) is 9.20. The van der Waals surface area contributed by atoms with Crippen LogP contribution >= 0.6 is 0 Å². The fourth-order valence-corrected chi connectivity index (χ4v) is 5.58. The zero-order valence-electron chi connectivity index (χ0n) is 18.4. The Kier molecular flexibility index (Phi) is 5.75. The van der Waals surface area contributed by atoms with Gasteiger partial charge in [0.25, 0.3) is 0 Å². The molecule has 1 atom stereocenters. The lowest BCUT2D eigenvalue weighted by Gasteiger charge is -2.43. The number of piperidine rings is 1. The summed E-state index contributed by atoms with van der Waals surface area (Å²) >= 11 is 0. The number of aromatic nitrogens is 2. The van der Waals surface area contributed by atoms with Crippen LogP contribution in [0.15, 0.2) is 18.2 Å². The highest BCUT2D eigenvalue weighted by atomic mass is 19.4. The number of halogens is 3. The van der Waals surface area contributed by atoms with E-state index in [4.69, 9.17) is 4.98 Å². The Balaban J connectivity index is 1.66. The summed E-state index contributed by atoms with van der Waals surface area (Å²) in [5.41, 5.74) is 1.67. The van der Waals surface area contributed by atoms with Gasteiger partial charge in [0.15, 0.2) is 5.82 Å². The van der Waals surface area contributed by atoms with E-state index in [2.05, 4.69) is 16.8 Å². The molecule has 1 N–H and O–H groups in total. The molecule has 2 heterocycles. The molecule has 1 aliphatic heterocycles. The Morgan fingerprint density at radius 3 is 2.42 bits per heavy atom. The monoisotopic (exact) mass is 433 g/mol. The Bertz CT molecular complexity index is 965. The van der Waals surface area contributed by atoms with Crippen molar-refractivity contribution in [3.63, 3.8) is 0 Å². The average molecular weight is 434 g/mol. The second kappa shape index (κ2) is 8.08. The highest BCUT2D eigenvalue weighted by molar-refractivity contribution is 5.68. The number of hydrogen-bond acceptors (Lipinski definition) is 4. The highest BCUT2D eigenvalue weighted by Gasteiger charge is 2.42. The SMILES string of the molecule is Cc1nc(N2CCC3(CCC[C@H]3C)CC2)c(CO)nc1-c1cccc(C(F)(F)F)c1C. The van der Waals surface area contributed by atoms with Gasteiger partial charge in [-0.1, -0.05) is 31.9 Å². The van der Waals surface area contributed by atoms with Crippen molar-refractivity contribution < 1.29 is 18.3 Å². The summed E-state index contributed by atoms with van der Waals surface area (Å²) in [6.45, 7) is 7.03. The summed E-state index contributed by atoms with van der Waals surface area (Å²) in [5.74, 6) is 1.40. The third-order valence-corrected chi connectivity index (χ3v) is 7.58. The van der Waals surface area contributed by atoms with Gasteiger partial charge < -0.3 is 10.0 Å². The number of benzene rings is 1. The molecule has 2 fully saturated rings. The first-order chi connectivity index (χ1) is 14.7. The van der Waals surface area contributed by atoms with E-state index in [9.17, 15) is 18.3 Å². The van der Waals surface area contributed by atoms with Gasteiger partial charge >= 0.3 is 6.18 Å². The van der Waals surface area contributed by atoms with Crippen molar-refractivity contribution in [1.29, 1.82) is 0 Å². The van der Waals surface area contributed by atoms with Gasteiger partial charge in [-0.25, -0.2) is 9.97 Å². The highest BCUT2D eigenvalue weighted by Crippen LogP contribution is 2.50. The van der Waals surface area contributed by atoms with E-state index in [1.54, 1.807) is 13.0 Å². The lowest BCUT2D eigenvalue weighted by molar-refractivity contribution is -0.138. The molecule has 2 aromatic rings. The lowest BCUT2D eigenvalue weighted by Crippen LogP contribution is -2.42. The minimum Gasteiger partial charge on any atom is -0.390 e. The zero-order valence-corrected chi connectivity index (χ0v) is 18.4. The molecule has 1 aliphatic carbocycles. The smallest absolute Gasteiger partial charge is 0.390 e. The van der Waals surface area contributed by atoms with Crippen LogP contribution in [0.3, 0.4) is 0 Å². The zero-order chi connectivity index (χ0) is 22.4. The summed E-state index contributed by atoms with van der Waals surface area (Å²) in [4.78, 5) is 11.5. The maximum Gasteiger partial charge on any atom is 0.416 e. The number of aliphatic hydroxyl groups excluding tert-OH is 1. The summed E-state index contributed by atoms with van der Waals surface area (Å²) in [6, 6.07) is 4.11. The third-order valence-electron chi connectivity index (χ3n) is 7.58. The van der Waals surface area contributed by atoms with Gasteiger partial charge in [-0.3, -0.25) is 0 Å². The van der Waals surface area contributed by atoms with E-state index in [0.717, 1.165) is 37.9 Å². The van der Waals surface area contributed by atoms with Gasteiger partial charge in [0.2, 0.25) is 0 Å². The number of rotatable bonds is 3. The quantitative estimate of drug-likeness (QED) is 0.677. The number of nitrogens with zero attached hydrogens (tertiary/aromatic N) is 3. The van der Waals surface area contributed by atoms with Crippen LogP contribution in [0.2, 0.25) is 0 Å². The molecule has 168 valence electrons. The molecule has 2 aliphatic rings. The normalized spacial score (nSPS) is 21.1. The molecule has 4 nitrogen and oxygen atoms in total. The Morgan fingerprint density at radius 1 is 1.13 bits per heavy atom. The minimum atomic E-state index is -4.43. The Hall–Kier alpha value is -2.15. The Morgan fingerprint density at radius 2 is 1.84 bits per heavy atom. The maximum absolute atomic E-state index is 13.4. The fraction of sp³-hybridized carbons (Fsp3) is 0.583. The predicted molar refractivity (Wildman–Crippen MR) is 115 cm³/mol. The fourth-order valence-electron chi connectivity index (χ4n) is 5.58. The maximum atomic E-state index is 13.4. The van der Waals surface area contributed by atoms with Crippen molar-refractivity contribution in [2.45, 2.75) is 65.7 Å². The van der Waals surface area contributed by atoms with Crippen molar-refractivity contribution in [2.75, 3.05) is 18.0 Å². The van der Waals surface area contributed by atoms with Crippen molar-refractivity contribution >= 4 is 5.82 Å². The standard InChI is InChI=1S/C24H30F3N3O/c1-15-6-5-9-23(15)10-12-30(13-11-23)22-20(14-31)29-21(17(3)28-22)18-7-4-8-19(16(18)2)24(25,26)27/h4,7-8,15,31H,5-6,9-14H2,1-3H3/t15-/m1/s1. The summed E-state index contributed by atoms with van der Waals surface area (Å²) < 4.78 is 40.1. The van der Waals surface area contributed by atoms with E-state index in [1.165, 1.54) is 32.3 Å². The van der Waals surface area contributed by atoms with Gasteiger partial charge in [0.05, 0.1) is 23.6 Å². The van der Waals surface area contributed by atoms with Gasteiger partial charge in [0.1, 0.15) is 5.69 Å². The molecule has 4 rings (SSSR count). The number of anilines is 1. The van der Waals surface area contributed by atoms with Crippen molar-refractivity contribution in [3.05, 3.63) is 40.7 Å². The largest absolute Gasteiger partial charge is 0.416 e. The second-order valence-electron chi connectivity index (χ2n) is 9.20. The van der Waals surface area contributed by atoms with Crippen LogP contribution in [0.25, 0.3) is 11.3 Å². The van der Waals surface area contributed by atoms with E-state index in [0.29, 0.717) is 33.9 Å². The van der Waals surface area contributed by atoms with Crippen LogP contribution in [0, 0.1) is 25.2 Å². The van der Waals surface area contributed by atoms with Crippen molar-refractivity contribution in [3.8, 4) is 11.3 Å². The van der Waals surface area contributed by atoms with E-state index in [-0.39, 0.29) is 12.2 Å². The summed E-state index contributed by atoms with van der Waals surface area (Å²) in [5, 5.41) is 10.0. The first-order valence-electron chi connectivity index (χ1n) is 11.1. The van der Waals surface area contributed by atoms with Gasteiger partial charge in [-0.2, -0.15) is 13.2 Å². The number of aryl methyl sites for hydroxylation is 1. The molecule has 1 saturated heterocycles. The molecule has 31 heavy (non-hydrogen) atoms. The third kappa shape index (κ3) is 3.93. The van der Waals surface area contributed by atoms with Crippen LogP contribution in [0.5, 0.6) is 0 Å². The molecule has 1 spiro atoms. The van der Waals surface area contributed by atoms with Gasteiger partial charge in [0, 0.05) is 18.7 Å². The molecule has 0 radical (unpaired) electrons. The first-order valence-corrected chi connectivity index (χ1v) is 11.1. The summed E-state index contributed by atoms with van der Waals surface area (Å²) in [6.07, 6.45) is 1.66. The van der Waals surface area contributed by atoms with Crippen molar-refractivity contribution in [2.24, 2.45) is 11.3 Å². The van der Waals surface area contributed by atoms with E-state index < -0.39 is 11.7 Å². The van der Waals surface area contributed by atoms with Crippen LogP contribution in [-0.2, 0) is 12.8 Å². The van der Waals surface area contributed by atoms with Crippen LogP contribution in [-0.4, -0.2) is 28.2 Å². The molecule has 7 heteroatoms. The van der Waals surface area contributed by atoms with Crippen LogP contribution in [0.1, 0.15) is 61.5 Å². The molecular formula is C24H30F3N3O. The Labute approximate surface area is 181 Å². The topological polar surface area (TPSA) is 49.2 Å². The molecular weight excluding hydrogens is 403 g/mol. The lowest BCUT2D eigenvalue weighted by atomic mass is 9.71. The van der Waals surface area contributed by atoms with Crippen molar-refractivity contribution in [1.82, 2.24) is 9.97 Å². The molecule has 1 aromatic carbocycles.